The van der Waals surface area contributed by atoms with Gasteiger partial charge in [0.25, 0.3) is 0 Å². The monoisotopic (exact) mass is 198 g/mol. The van der Waals surface area contributed by atoms with E-state index in [9.17, 15) is 0 Å². The van der Waals surface area contributed by atoms with E-state index in [2.05, 4.69) is 28.1 Å². The standard InChI is InChI=1S/C4H2N6S2/c5-1-2(8-11-7-1)6-4-3(5)9-12-10-4/h(H,5,7,9)(H,6,8,10). The van der Waals surface area contributed by atoms with E-state index in [1.54, 1.807) is 0 Å². The lowest BCUT2D eigenvalue weighted by atomic mass is 10.4. The van der Waals surface area contributed by atoms with Crippen molar-refractivity contribution in [2.24, 2.45) is 0 Å². The quantitative estimate of drug-likeness (QED) is 0.565. The number of rotatable bonds is 0. The summed E-state index contributed by atoms with van der Waals surface area (Å²) >= 11 is 2.30. The van der Waals surface area contributed by atoms with Gasteiger partial charge in [-0.3, -0.25) is 0 Å². The molecule has 0 aromatic carbocycles. The van der Waals surface area contributed by atoms with Crippen molar-refractivity contribution in [2.75, 3.05) is 10.6 Å². The van der Waals surface area contributed by atoms with E-state index in [4.69, 9.17) is 0 Å². The average molecular weight is 198 g/mol. The molecule has 0 radical (unpaired) electrons. The second kappa shape index (κ2) is 2.11. The summed E-state index contributed by atoms with van der Waals surface area (Å²) in [7, 11) is 0. The Morgan fingerprint density at radius 1 is 0.667 bits per heavy atom. The molecule has 2 N–H and O–H groups in total. The fourth-order valence-corrected chi connectivity index (χ4v) is 1.87. The number of fused-ring (bicyclic) bond motifs is 2. The maximum absolute atomic E-state index is 4.03. The molecule has 0 unspecified atom stereocenters. The van der Waals surface area contributed by atoms with Gasteiger partial charge in [-0.25, -0.2) is 0 Å². The van der Waals surface area contributed by atoms with E-state index < -0.39 is 0 Å². The number of nitrogens with zero attached hydrogens (tertiary/aromatic N) is 4. The molecule has 0 aliphatic carbocycles. The van der Waals surface area contributed by atoms with E-state index >= 15 is 0 Å². The van der Waals surface area contributed by atoms with Gasteiger partial charge >= 0.3 is 0 Å². The number of aromatic nitrogens is 4. The normalized spacial score (nSPS) is 12.7. The number of hydrogen-bond acceptors (Lipinski definition) is 8. The third-order valence-corrected chi connectivity index (χ3v) is 2.51. The topological polar surface area (TPSA) is 75.6 Å². The van der Waals surface area contributed by atoms with Crippen LogP contribution >= 0.6 is 23.5 Å². The molecule has 6 nitrogen and oxygen atoms in total. The lowest BCUT2D eigenvalue weighted by Crippen LogP contribution is -2.05. The maximum atomic E-state index is 4.03. The molecule has 0 amide bonds. The smallest absolute Gasteiger partial charge is 0.190 e. The van der Waals surface area contributed by atoms with Gasteiger partial charge in [0.15, 0.2) is 23.3 Å². The predicted octanol–water partition coefficient (Wildman–Crippen LogP) is 1.19. The Balaban J connectivity index is 2.15. The highest BCUT2D eigenvalue weighted by Crippen LogP contribution is 2.34. The van der Waals surface area contributed by atoms with E-state index in [0.29, 0.717) is 0 Å². The Morgan fingerprint density at radius 3 is 1.33 bits per heavy atom. The van der Waals surface area contributed by atoms with Gasteiger partial charge in [-0.1, -0.05) is 0 Å². The molecule has 0 spiro atoms. The van der Waals surface area contributed by atoms with Gasteiger partial charge in [-0.05, 0) is 0 Å². The average Bonchev–Trinajstić information content (AvgIpc) is 2.64. The summed E-state index contributed by atoms with van der Waals surface area (Å²) < 4.78 is 16.1. The molecule has 0 bridgehead atoms. The van der Waals surface area contributed by atoms with Crippen LogP contribution in [0.3, 0.4) is 0 Å². The summed E-state index contributed by atoms with van der Waals surface area (Å²) in [5, 5.41) is 6.02. The zero-order valence-electron chi connectivity index (χ0n) is 5.61. The lowest BCUT2D eigenvalue weighted by molar-refractivity contribution is 1.31. The second-order valence-electron chi connectivity index (χ2n) is 2.17. The van der Waals surface area contributed by atoms with Crippen LogP contribution in [0.4, 0.5) is 23.3 Å². The van der Waals surface area contributed by atoms with Crippen LogP contribution in [0, 0.1) is 0 Å². The summed E-state index contributed by atoms with van der Waals surface area (Å²) in [5.74, 6) is 2.89. The molecule has 0 fully saturated rings. The Kier molecular flexibility index (Phi) is 1.10. The molecule has 12 heavy (non-hydrogen) atoms. The third-order valence-electron chi connectivity index (χ3n) is 1.45. The summed E-state index contributed by atoms with van der Waals surface area (Å²) in [6.07, 6.45) is 0. The lowest BCUT2D eigenvalue weighted by Gasteiger charge is -2.09. The van der Waals surface area contributed by atoms with Crippen molar-refractivity contribution in [3.8, 4) is 0 Å². The van der Waals surface area contributed by atoms with Gasteiger partial charge in [0.1, 0.15) is 0 Å². The summed E-state index contributed by atoms with van der Waals surface area (Å²) in [6.45, 7) is 0. The van der Waals surface area contributed by atoms with Crippen molar-refractivity contribution in [1.82, 2.24) is 17.5 Å². The number of hydrogen-bond donors (Lipinski definition) is 2. The van der Waals surface area contributed by atoms with E-state index in [-0.39, 0.29) is 0 Å². The molecule has 2 aromatic heterocycles. The Labute approximate surface area is 75.3 Å². The second-order valence-corrected chi connectivity index (χ2v) is 3.23. The van der Waals surface area contributed by atoms with Crippen molar-refractivity contribution < 1.29 is 0 Å². The largest absolute Gasteiger partial charge is 0.317 e. The summed E-state index contributed by atoms with van der Waals surface area (Å²) in [6, 6.07) is 0. The van der Waals surface area contributed by atoms with Gasteiger partial charge in [0.2, 0.25) is 0 Å². The zero-order chi connectivity index (χ0) is 7.97. The Morgan fingerprint density at radius 2 is 1.00 bits per heavy atom. The highest BCUT2D eigenvalue weighted by atomic mass is 32.1. The molecule has 1 aliphatic rings. The van der Waals surface area contributed by atoms with Crippen LogP contribution in [0.2, 0.25) is 0 Å². The SMILES string of the molecule is n1snc2c1Nc1nsnc1N2. The highest BCUT2D eigenvalue weighted by molar-refractivity contribution is 7.00. The van der Waals surface area contributed by atoms with Gasteiger partial charge in [0.05, 0.1) is 23.5 Å². The minimum absolute atomic E-state index is 0.722. The fourth-order valence-electron chi connectivity index (χ4n) is 0.929. The van der Waals surface area contributed by atoms with Crippen LogP contribution in [0.25, 0.3) is 0 Å². The van der Waals surface area contributed by atoms with E-state index in [0.717, 1.165) is 46.7 Å². The van der Waals surface area contributed by atoms with Crippen molar-refractivity contribution in [2.45, 2.75) is 0 Å². The molecule has 0 saturated carbocycles. The molecular formula is C4H2N6S2. The minimum atomic E-state index is 0.722. The van der Waals surface area contributed by atoms with E-state index in [1.165, 1.54) is 0 Å². The van der Waals surface area contributed by atoms with Crippen LogP contribution in [0.5, 0.6) is 0 Å². The molecule has 0 atom stereocenters. The van der Waals surface area contributed by atoms with Gasteiger partial charge in [-0.2, -0.15) is 17.5 Å². The predicted molar refractivity (Wildman–Crippen MR) is 46.4 cm³/mol. The number of anilines is 4. The van der Waals surface area contributed by atoms with Gasteiger partial charge in [-0.15, -0.1) is 0 Å². The maximum Gasteiger partial charge on any atom is 0.190 e. The zero-order valence-corrected chi connectivity index (χ0v) is 7.24. The molecule has 0 saturated heterocycles. The van der Waals surface area contributed by atoms with Crippen molar-refractivity contribution >= 4 is 46.7 Å². The van der Waals surface area contributed by atoms with Crippen LogP contribution in [0.15, 0.2) is 0 Å². The molecule has 60 valence electrons. The van der Waals surface area contributed by atoms with Crippen LogP contribution < -0.4 is 10.6 Å². The first-order valence-corrected chi connectivity index (χ1v) is 4.59. The van der Waals surface area contributed by atoms with Gasteiger partial charge < -0.3 is 10.6 Å². The summed E-state index contributed by atoms with van der Waals surface area (Å²) in [4.78, 5) is 0. The molecule has 2 aromatic rings. The summed E-state index contributed by atoms with van der Waals surface area (Å²) in [5.41, 5.74) is 0. The first-order chi connectivity index (χ1) is 5.93. The Bertz CT molecular complexity index is 345. The molecular weight excluding hydrogens is 196 g/mol. The molecule has 1 aliphatic heterocycles. The molecule has 3 rings (SSSR count). The first-order valence-electron chi connectivity index (χ1n) is 3.12. The van der Waals surface area contributed by atoms with E-state index in [1.807, 2.05) is 0 Å². The number of nitrogens with one attached hydrogen (secondary N) is 2. The fraction of sp³-hybridized carbons (Fsp3) is 0. The van der Waals surface area contributed by atoms with Crippen molar-refractivity contribution in [3.63, 3.8) is 0 Å². The van der Waals surface area contributed by atoms with Crippen LogP contribution in [0.1, 0.15) is 0 Å². The van der Waals surface area contributed by atoms with Crippen LogP contribution in [-0.4, -0.2) is 17.5 Å². The molecule has 8 heteroatoms. The minimum Gasteiger partial charge on any atom is -0.317 e. The first kappa shape index (κ1) is 6.26. The van der Waals surface area contributed by atoms with Gasteiger partial charge in [0, 0.05) is 0 Å². The van der Waals surface area contributed by atoms with Crippen molar-refractivity contribution in [3.05, 3.63) is 0 Å². The molecule has 3 heterocycles. The third kappa shape index (κ3) is 0.728. The highest BCUT2D eigenvalue weighted by Gasteiger charge is 2.20. The van der Waals surface area contributed by atoms with Crippen molar-refractivity contribution in [1.29, 1.82) is 0 Å². The Hall–Kier alpha value is -1.28. The van der Waals surface area contributed by atoms with Crippen LogP contribution in [-0.2, 0) is 0 Å².